The summed E-state index contributed by atoms with van der Waals surface area (Å²) < 4.78 is 0. The number of carbonyl (C=O) groups excluding carboxylic acids is 1. The van der Waals surface area contributed by atoms with Gasteiger partial charge >= 0.3 is 5.97 Å². The van der Waals surface area contributed by atoms with Crippen LogP contribution in [-0.2, 0) is 9.59 Å². The highest BCUT2D eigenvalue weighted by molar-refractivity contribution is 5.80. The molecule has 1 aliphatic carbocycles. The normalized spacial score (nSPS) is 24.4. The van der Waals surface area contributed by atoms with Crippen LogP contribution in [0.25, 0.3) is 0 Å². The fourth-order valence-corrected chi connectivity index (χ4v) is 3.65. The lowest BCUT2D eigenvalue weighted by atomic mass is 10.1. The van der Waals surface area contributed by atoms with Crippen molar-refractivity contribution in [2.75, 3.05) is 13.1 Å². The number of nitrogens with zero attached hydrogens (tertiary/aromatic N) is 2. The lowest BCUT2D eigenvalue weighted by Gasteiger charge is -2.34. The van der Waals surface area contributed by atoms with E-state index in [0.29, 0.717) is 12.5 Å². The van der Waals surface area contributed by atoms with Crippen molar-refractivity contribution in [2.45, 2.75) is 70.5 Å². The van der Waals surface area contributed by atoms with E-state index in [1.54, 1.807) is 0 Å². The van der Waals surface area contributed by atoms with Crippen molar-refractivity contribution in [3.63, 3.8) is 0 Å². The van der Waals surface area contributed by atoms with Gasteiger partial charge in [0.15, 0.2) is 0 Å². The molecule has 1 N–H and O–H groups in total. The van der Waals surface area contributed by atoms with Crippen LogP contribution in [0.4, 0.5) is 0 Å². The first-order chi connectivity index (χ1) is 9.50. The zero-order valence-corrected chi connectivity index (χ0v) is 12.5. The molecule has 2 aliphatic rings. The second-order valence-electron chi connectivity index (χ2n) is 6.30. The summed E-state index contributed by atoms with van der Waals surface area (Å²) in [5.41, 5.74) is 0. The summed E-state index contributed by atoms with van der Waals surface area (Å²) >= 11 is 0. The van der Waals surface area contributed by atoms with Crippen LogP contribution in [0.1, 0.15) is 52.4 Å². The van der Waals surface area contributed by atoms with Gasteiger partial charge in [0.2, 0.25) is 5.91 Å². The Kier molecular flexibility index (Phi) is 5.02. The molecule has 1 heterocycles. The van der Waals surface area contributed by atoms with Crippen molar-refractivity contribution in [3.8, 4) is 0 Å². The highest BCUT2D eigenvalue weighted by Crippen LogP contribution is 2.26. The highest BCUT2D eigenvalue weighted by Gasteiger charge is 2.35. The number of carboxylic acid groups (broad SMARTS) is 1. The molecule has 0 unspecified atom stereocenters. The van der Waals surface area contributed by atoms with E-state index >= 15 is 0 Å². The van der Waals surface area contributed by atoms with Crippen molar-refractivity contribution in [2.24, 2.45) is 0 Å². The molecule has 0 spiro atoms. The van der Waals surface area contributed by atoms with Gasteiger partial charge in [-0.1, -0.05) is 12.8 Å². The van der Waals surface area contributed by atoms with Crippen LogP contribution < -0.4 is 0 Å². The number of carbonyl (C=O) groups is 2. The van der Waals surface area contributed by atoms with Gasteiger partial charge in [-0.3, -0.25) is 14.5 Å². The highest BCUT2D eigenvalue weighted by atomic mass is 16.4. The summed E-state index contributed by atoms with van der Waals surface area (Å²) in [6, 6.07) is 0.0707. The molecule has 1 saturated carbocycles. The van der Waals surface area contributed by atoms with Gasteiger partial charge in [0.1, 0.15) is 6.04 Å². The number of amides is 1. The molecule has 0 bridgehead atoms. The minimum atomic E-state index is -0.799. The predicted molar refractivity (Wildman–Crippen MR) is 76.5 cm³/mol. The van der Waals surface area contributed by atoms with Crippen LogP contribution in [0.3, 0.4) is 0 Å². The molecule has 0 aromatic heterocycles. The minimum Gasteiger partial charge on any atom is -0.480 e. The summed E-state index contributed by atoms with van der Waals surface area (Å²) in [5.74, 6) is -0.702. The van der Waals surface area contributed by atoms with Gasteiger partial charge in [-0.05, 0) is 46.1 Å². The molecule has 1 aliphatic heterocycles. The summed E-state index contributed by atoms with van der Waals surface area (Å²) in [6.45, 7) is 5.08. The monoisotopic (exact) mass is 282 g/mol. The molecule has 1 atom stereocenters. The molecule has 1 saturated heterocycles. The molecule has 20 heavy (non-hydrogen) atoms. The maximum Gasteiger partial charge on any atom is 0.320 e. The average Bonchev–Trinajstić information content (AvgIpc) is 2.99. The van der Waals surface area contributed by atoms with Crippen LogP contribution in [-0.4, -0.2) is 58.0 Å². The molecule has 114 valence electrons. The predicted octanol–water partition coefficient (Wildman–Crippen LogP) is 1.71. The Morgan fingerprint density at radius 2 is 1.85 bits per heavy atom. The van der Waals surface area contributed by atoms with Gasteiger partial charge in [-0.25, -0.2) is 0 Å². The van der Waals surface area contributed by atoms with Gasteiger partial charge in [0.25, 0.3) is 0 Å². The standard InChI is InChI=1S/C15H26N2O3/c1-11(2)17(12-6-3-4-7-12)14(18)10-16-9-5-8-13(16)15(19)20/h11-13H,3-10H2,1-2H3,(H,19,20)/t13-/m1/s1. The van der Waals surface area contributed by atoms with E-state index in [-0.39, 0.29) is 18.5 Å². The van der Waals surface area contributed by atoms with E-state index in [4.69, 9.17) is 0 Å². The molecule has 1 amide bonds. The van der Waals surface area contributed by atoms with Crippen LogP contribution in [0, 0.1) is 0 Å². The third kappa shape index (κ3) is 3.32. The molecule has 2 fully saturated rings. The molecule has 0 radical (unpaired) electrons. The topological polar surface area (TPSA) is 60.9 Å². The molecule has 0 aromatic rings. The van der Waals surface area contributed by atoms with E-state index in [2.05, 4.69) is 13.8 Å². The lowest BCUT2D eigenvalue weighted by molar-refractivity contribution is -0.144. The zero-order valence-electron chi connectivity index (χ0n) is 12.5. The Morgan fingerprint density at radius 3 is 2.40 bits per heavy atom. The maximum atomic E-state index is 12.6. The summed E-state index contributed by atoms with van der Waals surface area (Å²) in [7, 11) is 0. The maximum absolute atomic E-state index is 12.6. The largest absolute Gasteiger partial charge is 0.480 e. The Balaban J connectivity index is 1.99. The van der Waals surface area contributed by atoms with Crippen molar-refractivity contribution in [3.05, 3.63) is 0 Å². The number of rotatable bonds is 5. The van der Waals surface area contributed by atoms with E-state index in [0.717, 1.165) is 25.8 Å². The summed E-state index contributed by atoms with van der Waals surface area (Å²) in [4.78, 5) is 27.6. The van der Waals surface area contributed by atoms with E-state index in [1.807, 2.05) is 9.80 Å². The van der Waals surface area contributed by atoms with Gasteiger partial charge in [-0.15, -0.1) is 0 Å². The summed E-state index contributed by atoms with van der Waals surface area (Å²) in [5, 5.41) is 9.19. The smallest absolute Gasteiger partial charge is 0.320 e. The van der Waals surface area contributed by atoms with Crippen molar-refractivity contribution >= 4 is 11.9 Å². The van der Waals surface area contributed by atoms with Gasteiger partial charge in [0, 0.05) is 12.1 Å². The average molecular weight is 282 g/mol. The van der Waals surface area contributed by atoms with Gasteiger partial charge < -0.3 is 10.0 Å². The van der Waals surface area contributed by atoms with Crippen LogP contribution in [0.2, 0.25) is 0 Å². The fraction of sp³-hybridized carbons (Fsp3) is 0.867. The number of aliphatic carboxylic acids is 1. The molecule has 5 heteroatoms. The fourth-order valence-electron chi connectivity index (χ4n) is 3.65. The second kappa shape index (κ2) is 6.57. The van der Waals surface area contributed by atoms with Crippen LogP contribution in [0.15, 0.2) is 0 Å². The van der Waals surface area contributed by atoms with E-state index < -0.39 is 12.0 Å². The number of hydrogen-bond acceptors (Lipinski definition) is 3. The van der Waals surface area contributed by atoms with Crippen molar-refractivity contribution < 1.29 is 14.7 Å². The first-order valence-corrected chi connectivity index (χ1v) is 7.78. The SMILES string of the molecule is CC(C)N(C(=O)CN1CCC[C@@H]1C(=O)O)C1CCCC1. The third-order valence-corrected chi connectivity index (χ3v) is 4.55. The molecule has 5 nitrogen and oxygen atoms in total. The Bertz CT molecular complexity index is 364. The molecular weight excluding hydrogens is 256 g/mol. The molecular formula is C15H26N2O3. The van der Waals surface area contributed by atoms with E-state index in [1.165, 1.54) is 12.8 Å². The van der Waals surface area contributed by atoms with Crippen LogP contribution >= 0.6 is 0 Å². The Hall–Kier alpha value is -1.10. The second-order valence-corrected chi connectivity index (χ2v) is 6.30. The summed E-state index contributed by atoms with van der Waals surface area (Å²) in [6.07, 6.45) is 6.10. The van der Waals surface area contributed by atoms with Gasteiger partial charge in [0.05, 0.1) is 6.54 Å². The van der Waals surface area contributed by atoms with Crippen LogP contribution in [0.5, 0.6) is 0 Å². The van der Waals surface area contributed by atoms with Crippen molar-refractivity contribution in [1.82, 2.24) is 9.80 Å². The Morgan fingerprint density at radius 1 is 1.20 bits per heavy atom. The first kappa shape index (κ1) is 15.3. The third-order valence-electron chi connectivity index (χ3n) is 4.55. The lowest BCUT2D eigenvalue weighted by Crippen LogP contribution is -2.50. The number of hydrogen-bond donors (Lipinski definition) is 1. The van der Waals surface area contributed by atoms with E-state index in [9.17, 15) is 14.7 Å². The minimum absolute atomic E-state index is 0.0973. The first-order valence-electron chi connectivity index (χ1n) is 7.78. The number of carboxylic acids is 1. The molecule has 0 aromatic carbocycles. The number of likely N-dealkylation sites (tertiary alicyclic amines) is 1. The quantitative estimate of drug-likeness (QED) is 0.834. The Labute approximate surface area is 120 Å². The molecule has 2 rings (SSSR count). The zero-order chi connectivity index (χ0) is 14.7. The van der Waals surface area contributed by atoms with Gasteiger partial charge in [-0.2, -0.15) is 0 Å². The van der Waals surface area contributed by atoms with Crippen molar-refractivity contribution in [1.29, 1.82) is 0 Å².